The first-order valence-corrected chi connectivity index (χ1v) is 13.8. The van der Waals surface area contributed by atoms with Gasteiger partial charge in [0.15, 0.2) is 11.4 Å². The average molecular weight is 555 g/mol. The van der Waals surface area contributed by atoms with E-state index in [1.54, 1.807) is 43.3 Å². The van der Waals surface area contributed by atoms with E-state index in [1.165, 1.54) is 48.5 Å². The van der Waals surface area contributed by atoms with Crippen molar-refractivity contribution < 1.29 is 25.4 Å². The van der Waals surface area contributed by atoms with Crippen LogP contribution in [0, 0.1) is 29.6 Å². The van der Waals surface area contributed by atoms with Crippen molar-refractivity contribution in [3.05, 3.63) is 95.1 Å². The second-order valence-corrected chi connectivity index (χ2v) is 10.7. The van der Waals surface area contributed by atoms with Gasteiger partial charge in [0.1, 0.15) is 21.9 Å². The minimum Gasteiger partial charge on any atom is -0.263 e. The molecular weight excluding hydrogens is 536 g/mol. The number of nitrogens with zero attached hydrogens (tertiary/aromatic N) is 4. The van der Waals surface area contributed by atoms with Crippen LogP contribution < -0.4 is 0 Å². The molecule has 0 saturated heterocycles. The minimum absolute atomic E-state index is 0.128. The fraction of sp³-hybridized carbons (Fsp3) is 0.0833. The Morgan fingerprint density at radius 1 is 0.730 bits per heavy atom. The molecule has 0 spiro atoms. The van der Waals surface area contributed by atoms with Crippen molar-refractivity contribution in [2.24, 2.45) is 10.3 Å². The third-order valence-electron chi connectivity index (χ3n) is 4.80. The predicted octanol–water partition coefficient (Wildman–Crippen LogP) is 3.69. The molecule has 0 radical (unpaired) electrons. The molecule has 0 aliphatic heterocycles. The molecule has 13 heteroatoms. The molecule has 0 aliphatic rings. The molecule has 3 aromatic rings. The summed E-state index contributed by atoms with van der Waals surface area (Å²) in [5.41, 5.74) is 1.32. The largest absolute Gasteiger partial charge is 0.358 e. The Morgan fingerprint density at radius 2 is 1.11 bits per heavy atom. The monoisotopic (exact) mass is 554 g/mol. The zero-order chi connectivity index (χ0) is 27.1. The van der Waals surface area contributed by atoms with Gasteiger partial charge in [0.05, 0.1) is 0 Å². The molecule has 0 bridgehead atoms. The van der Waals surface area contributed by atoms with Crippen LogP contribution in [0.25, 0.3) is 0 Å². The van der Waals surface area contributed by atoms with Crippen LogP contribution in [0.2, 0.25) is 0 Å². The van der Waals surface area contributed by atoms with Gasteiger partial charge in [-0.15, -0.1) is 0 Å². The lowest BCUT2D eigenvalue weighted by Crippen LogP contribution is -2.07. The summed E-state index contributed by atoms with van der Waals surface area (Å²) in [6.07, 6.45) is 0. The van der Waals surface area contributed by atoms with Crippen molar-refractivity contribution in [3.63, 3.8) is 0 Å². The van der Waals surface area contributed by atoms with Crippen LogP contribution in [-0.2, 0) is 34.6 Å². The van der Waals surface area contributed by atoms with Crippen LogP contribution in [0.4, 0.5) is 0 Å². The van der Waals surface area contributed by atoms with Crippen LogP contribution in [0.3, 0.4) is 0 Å². The summed E-state index contributed by atoms with van der Waals surface area (Å²) in [5, 5.41) is 25.7. The van der Waals surface area contributed by atoms with Gasteiger partial charge in [0.2, 0.25) is 0 Å². The van der Waals surface area contributed by atoms with E-state index in [0.717, 1.165) is 11.1 Å². The number of hydrogen-bond acceptors (Lipinski definition) is 11. The number of benzene rings is 3. The molecule has 0 heterocycles. The summed E-state index contributed by atoms with van der Waals surface area (Å²) in [5.74, 6) is 0.431. The van der Waals surface area contributed by atoms with E-state index in [0.29, 0.717) is 5.75 Å². The van der Waals surface area contributed by atoms with Crippen LogP contribution in [0.1, 0.15) is 22.3 Å². The van der Waals surface area contributed by atoms with Crippen molar-refractivity contribution in [1.29, 1.82) is 10.5 Å². The van der Waals surface area contributed by atoms with E-state index in [1.807, 2.05) is 0 Å². The lowest BCUT2D eigenvalue weighted by molar-refractivity contribution is 0.338. The van der Waals surface area contributed by atoms with Gasteiger partial charge in [-0.25, -0.2) is 0 Å². The molecule has 0 unspecified atom stereocenters. The van der Waals surface area contributed by atoms with Gasteiger partial charge in [0.25, 0.3) is 0 Å². The topological polar surface area (TPSA) is 159 Å². The smallest absolute Gasteiger partial charge is 0.263 e. The van der Waals surface area contributed by atoms with Crippen molar-refractivity contribution >= 4 is 44.3 Å². The van der Waals surface area contributed by atoms with E-state index in [4.69, 9.17) is 0 Å². The molecule has 0 amide bonds. The van der Waals surface area contributed by atoms with E-state index in [-0.39, 0.29) is 32.3 Å². The zero-order valence-corrected chi connectivity index (χ0v) is 21.7. The highest BCUT2D eigenvalue weighted by atomic mass is 32.2. The number of oxime groups is 2. The highest BCUT2D eigenvalue weighted by Gasteiger charge is 2.18. The molecule has 3 rings (SSSR count). The molecule has 0 N–H and O–H groups in total. The van der Waals surface area contributed by atoms with Gasteiger partial charge in [0, 0.05) is 16.9 Å². The normalized spacial score (nSPS) is 12.3. The Hall–Kier alpha value is -4.17. The van der Waals surface area contributed by atoms with Crippen molar-refractivity contribution in [2.45, 2.75) is 22.5 Å². The molecule has 3 aromatic carbocycles. The van der Waals surface area contributed by atoms with Gasteiger partial charge >= 0.3 is 20.2 Å². The first-order chi connectivity index (χ1) is 17.6. The quantitative estimate of drug-likeness (QED) is 0.238. The summed E-state index contributed by atoms with van der Waals surface area (Å²) in [4.78, 5) is -0.276. The fourth-order valence-corrected chi connectivity index (χ4v) is 4.45. The molecule has 0 aromatic heterocycles. The predicted molar refractivity (Wildman–Crippen MR) is 138 cm³/mol. The molecule has 10 nitrogen and oxygen atoms in total. The number of rotatable bonds is 9. The maximum Gasteiger partial charge on any atom is 0.358 e. The lowest BCUT2D eigenvalue weighted by Gasteiger charge is -2.05. The van der Waals surface area contributed by atoms with Crippen molar-refractivity contribution in [3.8, 4) is 12.1 Å². The van der Waals surface area contributed by atoms with Crippen molar-refractivity contribution in [1.82, 2.24) is 0 Å². The summed E-state index contributed by atoms with van der Waals surface area (Å²) in [7, 11) is -8.51. The molecule has 0 aliphatic carbocycles. The Morgan fingerprint density at radius 3 is 1.46 bits per heavy atom. The van der Waals surface area contributed by atoms with Crippen molar-refractivity contribution in [2.75, 3.05) is 0 Å². The minimum atomic E-state index is -4.27. The maximum atomic E-state index is 12.4. The van der Waals surface area contributed by atoms with Gasteiger partial charge < -0.3 is 0 Å². The third kappa shape index (κ3) is 6.95. The lowest BCUT2D eigenvalue weighted by atomic mass is 10.1. The summed E-state index contributed by atoms with van der Waals surface area (Å²) in [6.45, 7) is 1.79. The Balaban J connectivity index is 1.78. The highest BCUT2D eigenvalue weighted by Crippen LogP contribution is 2.17. The van der Waals surface area contributed by atoms with E-state index < -0.39 is 20.2 Å². The molecule has 0 fully saturated rings. The average Bonchev–Trinajstić information content (AvgIpc) is 2.90. The molecule has 0 saturated carbocycles. The van der Waals surface area contributed by atoms with Crippen LogP contribution in [0.15, 0.2) is 92.9 Å². The number of nitriles is 2. The highest BCUT2D eigenvalue weighted by molar-refractivity contribution is 7.87. The second kappa shape index (κ2) is 11.7. The Labute approximate surface area is 219 Å². The molecule has 0 atom stereocenters. The van der Waals surface area contributed by atoms with Gasteiger partial charge in [-0.2, -0.15) is 40.0 Å². The van der Waals surface area contributed by atoms with Gasteiger partial charge in [-0.3, -0.25) is 8.57 Å². The Kier molecular flexibility index (Phi) is 8.68. The zero-order valence-electron chi connectivity index (χ0n) is 19.1. The van der Waals surface area contributed by atoms with Crippen LogP contribution >= 0.6 is 12.6 Å². The van der Waals surface area contributed by atoms with Gasteiger partial charge in [-0.1, -0.05) is 64.4 Å². The van der Waals surface area contributed by atoms with E-state index >= 15 is 0 Å². The maximum absolute atomic E-state index is 12.4. The third-order valence-corrected chi connectivity index (χ3v) is 7.41. The molecule has 37 heavy (non-hydrogen) atoms. The number of aryl methyl sites for hydroxylation is 1. The van der Waals surface area contributed by atoms with Crippen LogP contribution in [0.5, 0.6) is 0 Å². The standard InChI is InChI=1S/C24H18N4O6S3/c1-17-2-10-21(11-3-17)36(29,30)33-27-23(14-25)19-6-8-20(9-7-19)24(15-26)28-34-37(31,32)22-12-4-18(16-35)5-13-22/h2-13,35H,16H2,1H3. The van der Waals surface area contributed by atoms with Gasteiger partial charge in [-0.05, 0) is 36.8 Å². The summed E-state index contributed by atoms with van der Waals surface area (Å²) in [6, 6.07) is 20.6. The first kappa shape index (κ1) is 27.4. The summed E-state index contributed by atoms with van der Waals surface area (Å²) < 4.78 is 58.7. The Bertz CT molecular complexity index is 1630. The summed E-state index contributed by atoms with van der Waals surface area (Å²) >= 11 is 4.11. The number of thiol groups is 1. The fourth-order valence-electron chi connectivity index (χ4n) is 2.79. The second-order valence-electron chi connectivity index (χ2n) is 7.35. The molecular formula is C24H18N4O6S3. The number of hydrogen-bond donors (Lipinski definition) is 1. The van der Waals surface area contributed by atoms with E-state index in [2.05, 4.69) is 31.5 Å². The van der Waals surface area contributed by atoms with Crippen LogP contribution in [-0.4, -0.2) is 28.3 Å². The molecule has 188 valence electrons. The SMILES string of the molecule is Cc1ccc(S(=O)(=O)ON=C(C#N)c2ccc(C(C#N)=NOS(=O)(=O)c3ccc(CS)cc3)cc2)cc1. The first-order valence-electron chi connectivity index (χ1n) is 10.3. The van der Waals surface area contributed by atoms with E-state index in [9.17, 15) is 27.4 Å².